The highest BCUT2D eigenvalue weighted by atomic mass is 32.1. The number of carbonyl (C=O) groups excluding carboxylic acids is 1. The Hall–Kier alpha value is -3.14. The van der Waals surface area contributed by atoms with Crippen LogP contribution in [0, 0.1) is 0 Å². The van der Waals surface area contributed by atoms with Crippen molar-refractivity contribution in [1.82, 2.24) is 20.1 Å². The molecule has 3 heterocycles. The van der Waals surface area contributed by atoms with E-state index in [9.17, 15) is 9.59 Å². The zero-order chi connectivity index (χ0) is 20.5. The van der Waals surface area contributed by atoms with Gasteiger partial charge in [-0.25, -0.2) is 9.78 Å². The summed E-state index contributed by atoms with van der Waals surface area (Å²) in [6.45, 7) is 0. The smallest absolute Gasteiger partial charge is 0.404 e. The van der Waals surface area contributed by atoms with E-state index in [1.807, 2.05) is 16.1 Å². The molecule has 9 nitrogen and oxygen atoms in total. The van der Waals surface area contributed by atoms with Crippen LogP contribution in [-0.4, -0.2) is 45.0 Å². The number of carbonyl (C=O) groups is 2. The van der Waals surface area contributed by atoms with Crippen LogP contribution in [0.25, 0.3) is 22.2 Å². The second-order valence-electron chi connectivity index (χ2n) is 7.03. The highest BCUT2D eigenvalue weighted by Gasteiger charge is 2.27. The second kappa shape index (κ2) is 7.70. The Kier molecular flexibility index (Phi) is 5.10. The molecular formula is C19H21N5O4S. The average Bonchev–Trinajstić information content (AvgIpc) is 3.33. The minimum atomic E-state index is -0.987. The van der Waals surface area contributed by atoms with Gasteiger partial charge >= 0.3 is 6.09 Å². The molecule has 0 aliphatic heterocycles. The monoisotopic (exact) mass is 415 g/mol. The number of thiophene rings is 1. The van der Waals surface area contributed by atoms with Gasteiger partial charge in [0, 0.05) is 23.2 Å². The summed E-state index contributed by atoms with van der Waals surface area (Å²) in [5.74, 6) is -0.00358. The number of aromatic nitrogens is 3. The van der Waals surface area contributed by atoms with Gasteiger partial charge in [0.05, 0.1) is 28.9 Å². The molecule has 0 spiro atoms. The van der Waals surface area contributed by atoms with E-state index in [2.05, 4.69) is 10.3 Å². The van der Waals surface area contributed by atoms with Gasteiger partial charge in [-0.2, -0.15) is 5.10 Å². The Balaban J connectivity index is 1.74. The maximum atomic E-state index is 11.5. The molecule has 29 heavy (non-hydrogen) atoms. The Morgan fingerprint density at radius 2 is 2.10 bits per heavy atom. The van der Waals surface area contributed by atoms with Gasteiger partial charge < -0.3 is 20.9 Å². The van der Waals surface area contributed by atoms with Gasteiger partial charge in [0.2, 0.25) is 5.88 Å². The fourth-order valence-corrected chi connectivity index (χ4v) is 4.67. The molecule has 10 heteroatoms. The predicted octanol–water partition coefficient (Wildman–Crippen LogP) is 3.02. The number of fused-ring (bicyclic) bond motifs is 1. The van der Waals surface area contributed by atoms with Crippen molar-refractivity contribution < 1.29 is 19.4 Å². The topological polar surface area (TPSA) is 132 Å². The van der Waals surface area contributed by atoms with Crippen molar-refractivity contribution in [3.8, 4) is 17.1 Å². The van der Waals surface area contributed by atoms with E-state index in [1.165, 1.54) is 11.3 Å². The highest BCUT2D eigenvalue weighted by molar-refractivity contribution is 7.12. The SMILES string of the molecule is COc1nccc2c1c(-c1csc(C(N)=O)c1)nn2[C@H]1CC[C@@H](NC(=O)O)CC1. The first-order valence-corrected chi connectivity index (χ1v) is 10.1. The van der Waals surface area contributed by atoms with Crippen molar-refractivity contribution in [3.63, 3.8) is 0 Å². The number of methoxy groups -OCH3 is 1. The van der Waals surface area contributed by atoms with Crippen molar-refractivity contribution >= 4 is 34.2 Å². The largest absolute Gasteiger partial charge is 0.480 e. The van der Waals surface area contributed by atoms with Gasteiger partial charge in [-0.3, -0.25) is 9.48 Å². The molecule has 3 aromatic heterocycles. The maximum absolute atomic E-state index is 11.5. The van der Waals surface area contributed by atoms with Gasteiger partial charge in [0.25, 0.3) is 5.91 Å². The van der Waals surface area contributed by atoms with Crippen molar-refractivity contribution in [2.24, 2.45) is 5.73 Å². The van der Waals surface area contributed by atoms with Crippen molar-refractivity contribution in [3.05, 3.63) is 28.6 Å². The average molecular weight is 415 g/mol. The Bertz CT molecular complexity index is 1070. The summed E-state index contributed by atoms with van der Waals surface area (Å²) in [7, 11) is 1.56. The van der Waals surface area contributed by atoms with E-state index < -0.39 is 12.0 Å². The molecule has 1 saturated carbocycles. The van der Waals surface area contributed by atoms with Crippen LogP contribution >= 0.6 is 11.3 Å². The first-order valence-electron chi connectivity index (χ1n) is 9.27. The summed E-state index contributed by atoms with van der Waals surface area (Å²) in [5, 5.41) is 19.0. The first kappa shape index (κ1) is 19.2. The second-order valence-corrected chi connectivity index (χ2v) is 7.94. The molecule has 0 saturated heterocycles. The molecule has 152 valence electrons. The van der Waals surface area contributed by atoms with E-state index in [1.54, 1.807) is 19.4 Å². The summed E-state index contributed by atoms with van der Waals surface area (Å²) in [6.07, 6.45) is 3.81. The molecule has 4 rings (SSSR count). The molecular weight excluding hydrogens is 394 g/mol. The third-order valence-electron chi connectivity index (χ3n) is 5.26. The van der Waals surface area contributed by atoms with Crippen LogP contribution in [0.2, 0.25) is 0 Å². The minimum absolute atomic E-state index is 0.0313. The van der Waals surface area contributed by atoms with E-state index in [0.717, 1.165) is 42.1 Å². The molecule has 2 amide bonds. The summed E-state index contributed by atoms with van der Waals surface area (Å²) in [4.78, 5) is 27.2. The van der Waals surface area contributed by atoms with Crippen LogP contribution < -0.4 is 15.8 Å². The Morgan fingerprint density at radius 1 is 1.34 bits per heavy atom. The molecule has 1 aliphatic carbocycles. The number of nitrogens with one attached hydrogen (secondary N) is 1. The fraction of sp³-hybridized carbons (Fsp3) is 0.368. The van der Waals surface area contributed by atoms with Crippen LogP contribution in [0.15, 0.2) is 23.7 Å². The zero-order valence-electron chi connectivity index (χ0n) is 15.8. The fourth-order valence-electron chi connectivity index (χ4n) is 3.92. The standard InChI is InChI=1S/C19H21N5O4S/c1-28-18-15-13(6-7-21-18)24(12-4-2-11(3-5-12)22-19(26)27)23-16(15)10-8-14(17(20)25)29-9-10/h6-9,11-12,22H,2-5H2,1H3,(H2,20,25)(H,26,27)/t11-,12+. The molecule has 0 unspecified atom stereocenters. The lowest BCUT2D eigenvalue weighted by Crippen LogP contribution is -2.37. The number of pyridine rings is 1. The van der Waals surface area contributed by atoms with E-state index in [0.29, 0.717) is 16.5 Å². The zero-order valence-corrected chi connectivity index (χ0v) is 16.6. The van der Waals surface area contributed by atoms with Crippen molar-refractivity contribution in [2.75, 3.05) is 7.11 Å². The quantitative estimate of drug-likeness (QED) is 0.587. The predicted molar refractivity (Wildman–Crippen MR) is 108 cm³/mol. The first-order chi connectivity index (χ1) is 14.0. The van der Waals surface area contributed by atoms with E-state index >= 15 is 0 Å². The van der Waals surface area contributed by atoms with Crippen LogP contribution in [0.4, 0.5) is 4.79 Å². The molecule has 0 bridgehead atoms. The minimum Gasteiger partial charge on any atom is -0.480 e. The van der Waals surface area contributed by atoms with Crippen LogP contribution in [0.3, 0.4) is 0 Å². The Labute approximate surface area is 170 Å². The van der Waals surface area contributed by atoms with Gasteiger partial charge in [0.15, 0.2) is 0 Å². The summed E-state index contributed by atoms with van der Waals surface area (Å²) < 4.78 is 7.46. The van der Waals surface area contributed by atoms with E-state index in [4.69, 9.17) is 20.7 Å². The van der Waals surface area contributed by atoms with Gasteiger partial charge in [-0.05, 0) is 37.8 Å². The van der Waals surface area contributed by atoms with Gasteiger partial charge in [-0.15, -0.1) is 11.3 Å². The third-order valence-corrected chi connectivity index (χ3v) is 6.21. The number of primary amides is 1. The molecule has 4 N–H and O–H groups in total. The lowest BCUT2D eigenvalue weighted by molar-refractivity contribution is 0.100. The summed E-state index contributed by atoms with van der Waals surface area (Å²) >= 11 is 1.28. The summed E-state index contributed by atoms with van der Waals surface area (Å²) in [5.41, 5.74) is 7.79. The number of hydrogen-bond donors (Lipinski definition) is 3. The van der Waals surface area contributed by atoms with Crippen LogP contribution in [-0.2, 0) is 0 Å². The molecule has 1 fully saturated rings. The molecule has 0 atom stereocenters. The van der Waals surface area contributed by atoms with Gasteiger partial charge in [0.1, 0.15) is 5.69 Å². The van der Waals surface area contributed by atoms with E-state index in [-0.39, 0.29) is 12.1 Å². The number of rotatable bonds is 5. The number of hydrogen-bond acceptors (Lipinski definition) is 6. The summed E-state index contributed by atoms with van der Waals surface area (Å²) in [6, 6.07) is 3.74. The highest BCUT2D eigenvalue weighted by Crippen LogP contribution is 2.39. The number of nitrogens with two attached hydrogens (primary N) is 1. The Morgan fingerprint density at radius 3 is 2.72 bits per heavy atom. The number of ether oxygens (including phenoxy) is 1. The number of nitrogens with zero attached hydrogens (tertiary/aromatic N) is 3. The molecule has 0 radical (unpaired) electrons. The molecule has 0 aromatic carbocycles. The number of carboxylic acid groups (broad SMARTS) is 1. The van der Waals surface area contributed by atoms with Crippen LogP contribution in [0.1, 0.15) is 41.4 Å². The molecule has 3 aromatic rings. The normalized spacial score (nSPS) is 19.2. The van der Waals surface area contributed by atoms with Crippen LogP contribution in [0.5, 0.6) is 5.88 Å². The van der Waals surface area contributed by atoms with Gasteiger partial charge in [-0.1, -0.05) is 0 Å². The maximum Gasteiger partial charge on any atom is 0.404 e. The lowest BCUT2D eigenvalue weighted by Gasteiger charge is -2.28. The molecule has 1 aliphatic rings. The van der Waals surface area contributed by atoms with Crippen molar-refractivity contribution in [1.29, 1.82) is 0 Å². The lowest BCUT2D eigenvalue weighted by atomic mass is 9.91. The van der Waals surface area contributed by atoms with Crippen molar-refractivity contribution in [2.45, 2.75) is 37.8 Å². The number of amides is 2. The third kappa shape index (κ3) is 3.63.